The molecule has 2 N–H and O–H groups in total. The zero-order chi connectivity index (χ0) is 13.1. The molecule has 0 aromatic heterocycles. The van der Waals surface area contributed by atoms with E-state index in [4.69, 9.17) is 10.5 Å². The minimum Gasteiger partial charge on any atom is -0.463 e. The lowest BCUT2D eigenvalue weighted by Crippen LogP contribution is -2.31. The minimum atomic E-state index is -4.37. The van der Waals surface area contributed by atoms with Crippen molar-refractivity contribution >= 4 is 11.9 Å². The minimum absolute atomic E-state index is 0.221. The van der Waals surface area contributed by atoms with Crippen LogP contribution in [0.3, 0.4) is 0 Å². The number of ether oxygens (including phenoxy) is 2. The van der Waals surface area contributed by atoms with Crippen molar-refractivity contribution in [3.05, 3.63) is 0 Å². The summed E-state index contributed by atoms with van der Waals surface area (Å²) in [5.74, 6) is -1.59. The molecule has 1 aliphatic rings. The monoisotopic (exact) mass is 255 g/mol. The SMILES string of the molecule is NC(=O)[C@@H]1CC[C@H](C(=O)OCCC(F)(F)F)O1. The average Bonchev–Trinajstić information content (AvgIpc) is 2.63. The summed E-state index contributed by atoms with van der Waals surface area (Å²) in [6.45, 7) is -0.747. The molecule has 0 spiro atoms. The summed E-state index contributed by atoms with van der Waals surface area (Å²) >= 11 is 0. The number of hydrogen-bond donors (Lipinski definition) is 1. The highest BCUT2D eigenvalue weighted by atomic mass is 19.4. The van der Waals surface area contributed by atoms with Crippen LogP contribution in [0.1, 0.15) is 19.3 Å². The van der Waals surface area contributed by atoms with E-state index in [0.717, 1.165) is 0 Å². The average molecular weight is 255 g/mol. The molecular weight excluding hydrogens is 243 g/mol. The molecule has 0 aliphatic carbocycles. The molecule has 0 bridgehead atoms. The van der Waals surface area contributed by atoms with Crippen LogP contribution < -0.4 is 5.73 Å². The van der Waals surface area contributed by atoms with E-state index >= 15 is 0 Å². The molecule has 2 atom stereocenters. The van der Waals surface area contributed by atoms with Crippen molar-refractivity contribution in [2.45, 2.75) is 37.6 Å². The summed E-state index contributed by atoms with van der Waals surface area (Å²) in [4.78, 5) is 21.9. The molecule has 1 heterocycles. The van der Waals surface area contributed by atoms with Crippen molar-refractivity contribution in [2.24, 2.45) is 5.73 Å². The standard InChI is InChI=1S/C9H12F3NO4/c10-9(11,12)3-4-16-8(15)6-2-1-5(17-6)7(13)14/h5-6H,1-4H2,(H2,13,14)/t5-,6+/m0/s1. The Hall–Kier alpha value is -1.31. The molecule has 1 saturated heterocycles. The van der Waals surface area contributed by atoms with Crippen LogP contribution in [0.5, 0.6) is 0 Å². The van der Waals surface area contributed by atoms with Gasteiger partial charge in [0.2, 0.25) is 5.91 Å². The number of halogens is 3. The molecular formula is C9H12F3NO4. The van der Waals surface area contributed by atoms with Crippen molar-refractivity contribution < 1.29 is 32.2 Å². The van der Waals surface area contributed by atoms with Crippen LogP contribution in [0, 0.1) is 0 Å². The first-order valence-electron chi connectivity index (χ1n) is 4.98. The first-order valence-corrected chi connectivity index (χ1v) is 4.98. The van der Waals surface area contributed by atoms with Crippen molar-refractivity contribution in [1.29, 1.82) is 0 Å². The van der Waals surface area contributed by atoms with Gasteiger partial charge in [0.25, 0.3) is 0 Å². The van der Waals surface area contributed by atoms with Crippen LogP contribution in [0.15, 0.2) is 0 Å². The van der Waals surface area contributed by atoms with Gasteiger partial charge in [-0.05, 0) is 12.8 Å². The second-order valence-corrected chi connectivity index (χ2v) is 3.63. The summed E-state index contributed by atoms with van der Waals surface area (Å²) < 4.78 is 44.6. The number of esters is 1. The number of carbonyl (C=O) groups is 2. The Morgan fingerprint density at radius 1 is 1.29 bits per heavy atom. The number of hydrogen-bond acceptors (Lipinski definition) is 4. The Labute approximate surface area is 95.0 Å². The lowest BCUT2D eigenvalue weighted by Gasteiger charge is -2.12. The highest BCUT2D eigenvalue weighted by Gasteiger charge is 2.35. The number of nitrogens with two attached hydrogens (primary N) is 1. The van der Waals surface area contributed by atoms with Gasteiger partial charge in [0.05, 0.1) is 6.42 Å². The number of carbonyl (C=O) groups excluding carboxylic acids is 2. The Balaban J connectivity index is 2.28. The van der Waals surface area contributed by atoms with Gasteiger partial charge in [-0.25, -0.2) is 4.79 Å². The van der Waals surface area contributed by atoms with Crippen LogP contribution >= 0.6 is 0 Å². The van der Waals surface area contributed by atoms with E-state index in [0.29, 0.717) is 0 Å². The summed E-state index contributed by atoms with van der Waals surface area (Å²) in [5.41, 5.74) is 4.95. The van der Waals surface area contributed by atoms with E-state index in [2.05, 4.69) is 4.74 Å². The van der Waals surface area contributed by atoms with Crippen LogP contribution in [-0.2, 0) is 19.1 Å². The summed E-state index contributed by atoms with van der Waals surface area (Å²) in [6, 6.07) is 0. The third-order valence-corrected chi connectivity index (χ3v) is 2.23. The third-order valence-electron chi connectivity index (χ3n) is 2.23. The fourth-order valence-electron chi connectivity index (χ4n) is 1.38. The Morgan fingerprint density at radius 3 is 2.35 bits per heavy atom. The van der Waals surface area contributed by atoms with Crippen LogP contribution in [0.25, 0.3) is 0 Å². The van der Waals surface area contributed by atoms with Crippen molar-refractivity contribution in [2.75, 3.05) is 6.61 Å². The topological polar surface area (TPSA) is 78.6 Å². The quantitative estimate of drug-likeness (QED) is 0.742. The maximum absolute atomic E-state index is 11.8. The molecule has 1 amide bonds. The zero-order valence-corrected chi connectivity index (χ0v) is 8.83. The van der Waals surface area contributed by atoms with E-state index in [1.54, 1.807) is 0 Å². The Morgan fingerprint density at radius 2 is 1.88 bits per heavy atom. The number of rotatable bonds is 4. The smallest absolute Gasteiger partial charge is 0.392 e. The predicted molar refractivity (Wildman–Crippen MR) is 48.7 cm³/mol. The first-order chi connectivity index (χ1) is 7.79. The molecule has 8 heteroatoms. The van der Waals surface area contributed by atoms with E-state index in [-0.39, 0.29) is 12.8 Å². The largest absolute Gasteiger partial charge is 0.463 e. The van der Waals surface area contributed by atoms with E-state index in [1.165, 1.54) is 0 Å². The Bertz CT molecular complexity index is 305. The molecule has 1 aliphatic heterocycles. The fourth-order valence-corrected chi connectivity index (χ4v) is 1.38. The van der Waals surface area contributed by atoms with Gasteiger partial charge in [-0.15, -0.1) is 0 Å². The fraction of sp³-hybridized carbons (Fsp3) is 0.778. The molecule has 1 rings (SSSR count). The predicted octanol–water partition coefficient (Wildman–Crippen LogP) is 0.515. The molecule has 0 saturated carbocycles. The van der Waals surface area contributed by atoms with Crippen molar-refractivity contribution in [1.82, 2.24) is 0 Å². The molecule has 98 valence electrons. The van der Waals surface area contributed by atoms with E-state index < -0.39 is 43.3 Å². The van der Waals surface area contributed by atoms with Gasteiger partial charge < -0.3 is 15.2 Å². The number of alkyl halides is 3. The van der Waals surface area contributed by atoms with Gasteiger partial charge in [-0.1, -0.05) is 0 Å². The van der Waals surface area contributed by atoms with Gasteiger partial charge in [0, 0.05) is 0 Å². The molecule has 5 nitrogen and oxygen atoms in total. The lowest BCUT2D eigenvalue weighted by atomic mass is 10.2. The summed E-state index contributed by atoms with van der Waals surface area (Å²) in [5, 5.41) is 0. The van der Waals surface area contributed by atoms with Crippen LogP contribution in [-0.4, -0.2) is 36.9 Å². The maximum atomic E-state index is 11.8. The van der Waals surface area contributed by atoms with E-state index in [1.807, 2.05) is 0 Å². The second kappa shape index (κ2) is 5.35. The third kappa shape index (κ3) is 4.59. The molecule has 0 aromatic rings. The van der Waals surface area contributed by atoms with Gasteiger partial charge in [-0.2, -0.15) is 13.2 Å². The molecule has 0 radical (unpaired) electrons. The first kappa shape index (κ1) is 13.8. The van der Waals surface area contributed by atoms with Crippen molar-refractivity contribution in [3.63, 3.8) is 0 Å². The van der Waals surface area contributed by atoms with Gasteiger partial charge in [-0.3, -0.25) is 4.79 Å². The number of amides is 1. The summed E-state index contributed by atoms with van der Waals surface area (Å²) in [7, 11) is 0. The van der Waals surface area contributed by atoms with E-state index in [9.17, 15) is 22.8 Å². The molecule has 0 aromatic carbocycles. The summed E-state index contributed by atoms with van der Waals surface area (Å²) in [6.07, 6.45) is -6.94. The van der Waals surface area contributed by atoms with Crippen LogP contribution in [0.2, 0.25) is 0 Å². The molecule has 0 unspecified atom stereocenters. The highest BCUT2D eigenvalue weighted by molar-refractivity contribution is 5.81. The second-order valence-electron chi connectivity index (χ2n) is 3.63. The van der Waals surface area contributed by atoms with Crippen LogP contribution in [0.4, 0.5) is 13.2 Å². The highest BCUT2D eigenvalue weighted by Crippen LogP contribution is 2.22. The van der Waals surface area contributed by atoms with Crippen molar-refractivity contribution in [3.8, 4) is 0 Å². The van der Waals surface area contributed by atoms with Gasteiger partial charge >= 0.3 is 12.1 Å². The maximum Gasteiger partial charge on any atom is 0.392 e. The Kier molecular flexibility index (Phi) is 4.33. The van der Waals surface area contributed by atoms with Gasteiger partial charge in [0.15, 0.2) is 6.10 Å². The lowest BCUT2D eigenvalue weighted by molar-refractivity contribution is -0.167. The molecule has 17 heavy (non-hydrogen) atoms. The van der Waals surface area contributed by atoms with Gasteiger partial charge in [0.1, 0.15) is 12.7 Å². The normalized spacial score (nSPS) is 24.6. The zero-order valence-electron chi connectivity index (χ0n) is 8.83. The number of primary amides is 1. The molecule has 1 fully saturated rings.